The maximum absolute atomic E-state index is 15.1. The number of hydrogen-bond acceptors (Lipinski definition) is 9. The molecule has 4 N–H and O–H groups in total. The number of aromatic nitrogens is 4. The van der Waals surface area contributed by atoms with Crippen LogP contribution in [0.15, 0.2) is 42.7 Å². The van der Waals surface area contributed by atoms with Crippen molar-refractivity contribution >= 4 is 34.1 Å². The van der Waals surface area contributed by atoms with Crippen LogP contribution in [-0.2, 0) is 11.2 Å². The summed E-state index contributed by atoms with van der Waals surface area (Å²) in [6, 6.07) is 8.82. The summed E-state index contributed by atoms with van der Waals surface area (Å²) < 4.78 is 41.3. The summed E-state index contributed by atoms with van der Waals surface area (Å²) >= 11 is 0. The lowest BCUT2D eigenvalue weighted by molar-refractivity contribution is -0.117. The van der Waals surface area contributed by atoms with Crippen LogP contribution in [0.1, 0.15) is 18.5 Å². The van der Waals surface area contributed by atoms with E-state index in [1.165, 1.54) is 36.5 Å². The molecule has 1 atom stereocenters. The molecule has 1 aliphatic heterocycles. The largest absolute Gasteiger partial charge is 0.493 e. The molecule has 40 heavy (non-hydrogen) atoms. The molecule has 1 amide bonds. The first-order valence-corrected chi connectivity index (χ1v) is 12.8. The van der Waals surface area contributed by atoms with Gasteiger partial charge < -0.3 is 20.3 Å². The second-order valence-corrected chi connectivity index (χ2v) is 9.39. The molecule has 4 aromatic rings. The van der Waals surface area contributed by atoms with Gasteiger partial charge in [-0.2, -0.15) is 5.10 Å². The monoisotopic (exact) mass is 553 g/mol. The first-order valence-electron chi connectivity index (χ1n) is 12.8. The van der Waals surface area contributed by atoms with Gasteiger partial charge in [0.2, 0.25) is 5.91 Å². The van der Waals surface area contributed by atoms with Gasteiger partial charge in [0.1, 0.15) is 18.8 Å². The van der Waals surface area contributed by atoms with E-state index in [1.807, 2.05) is 0 Å². The number of carbonyl (C=O) groups excluding carboxylic acids is 1. The number of aliphatic hydroxyl groups is 1. The molecule has 0 aliphatic carbocycles. The van der Waals surface area contributed by atoms with E-state index in [9.17, 15) is 14.3 Å². The summed E-state index contributed by atoms with van der Waals surface area (Å²) in [6.07, 6.45) is 3.16. The Kier molecular flexibility index (Phi) is 8.03. The Morgan fingerprint density at radius 1 is 1.25 bits per heavy atom. The summed E-state index contributed by atoms with van der Waals surface area (Å²) in [5.41, 5.74) is 6.02. The van der Waals surface area contributed by atoms with Gasteiger partial charge in [-0.25, -0.2) is 18.7 Å². The number of H-pyrrole nitrogens is 1. The fourth-order valence-electron chi connectivity index (χ4n) is 4.95. The minimum absolute atomic E-state index is 0.0813. The predicted octanol–water partition coefficient (Wildman–Crippen LogP) is 2.97. The number of nitrogens with zero attached hydrogens (tertiary/aromatic N) is 5. The standard InChI is InChI=1S/C27H29F2N7O4/c1-39-22-12-18-20(13-23(22)40-14-17-4-3-7-35(17)8-9-37)31-15-32-27(18)36(21-6-2-5-19(28)26(21)29)25-11-16(33-34-25)10-24(30)38/h2,5-6,11-13,15,17,37H,3-4,7-10,14H2,1H3,(H2,30,38)(H,33,34)/t17-/m1/s1. The van der Waals surface area contributed by atoms with E-state index in [4.69, 9.17) is 15.2 Å². The Hall–Kier alpha value is -4.36. The number of β-amino-alcohol motifs (C(OH)–C–C–N with tert-alkyl or cyclic N) is 1. The third-order valence-electron chi connectivity index (χ3n) is 6.81. The van der Waals surface area contributed by atoms with Crippen LogP contribution in [0.3, 0.4) is 0 Å². The van der Waals surface area contributed by atoms with Crippen LogP contribution in [0.2, 0.25) is 0 Å². The summed E-state index contributed by atoms with van der Waals surface area (Å²) in [5.74, 6) is -1.53. The molecular weight excluding hydrogens is 524 g/mol. The molecule has 0 radical (unpaired) electrons. The Bertz CT molecular complexity index is 1520. The second-order valence-electron chi connectivity index (χ2n) is 9.39. The SMILES string of the molecule is COc1cc2c(N(c3cc(CC(N)=O)[nH]n3)c3cccc(F)c3F)ncnc2cc1OC[C@H]1CCCN1CCO. The smallest absolute Gasteiger partial charge is 0.223 e. The molecule has 0 unspecified atom stereocenters. The number of ether oxygens (including phenoxy) is 2. The van der Waals surface area contributed by atoms with Crippen molar-refractivity contribution in [1.82, 2.24) is 25.1 Å². The number of primary amides is 1. The Labute approximate surface area is 228 Å². The number of amides is 1. The number of methoxy groups -OCH3 is 1. The molecule has 2 aromatic heterocycles. The number of anilines is 3. The van der Waals surface area contributed by atoms with Crippen LogP contribution < -0.4 is 20.1 Å². The summed E-state index contributed by atoms with van der Waals surface area (Å²) in [5, 5.41) is 16.7. The molecule has 0 bridgehead atoms. The molecule has 5 rings (SSSR count). The summed E-state index contributed by atoms with van der Waals surface area (Å²) in [6.45, 7) is 1.97. The lowest BCUT2D eigenvalue weighted by Gasteiger charge is -2.25. The molecule has 0 spiro atoms. The highest BCUT2D eigenvalue weighted by atomic mass is 19.2. The van der Waals surface area contributed by atoms with Gasteiger partial charge >= 0.3 is 0 Å². The number of aliphatic hydroxyl groups excluding tert-OH is 1. The lowest BCUT2D eigenvalue weighted by atomic mass is 10.1. The van der Waals surface area contributed by atoms with Gasteiger partial charge in [0.15, 0.2) is 29.0 Å². The second kappa shape index (κ2) is 11.8. The average Bonchev–Trinajstić information content (AvgIpc) is 3.58. The highest BCUT2D eigenvalue weighted by molar-refractivity contribution is 5.96. The number of nitrogens with two attached hydrogens (primary N) is 1. The first-order chi connectivity index (χ1) is 19.4. The zero-order valence-corrected chi connectivity index (χ0v) is 21.8. The number of halogens is 2. The number of hydrogen-bond donors (Lipinski definition) is 3. The fraction of sp³-hybridized carbons (Fsp3) is 0.333. The lowest BCUT2D eigenvalue weighted by Crippen LogP contribution is -2.36. The van der Waals surface area contributed by atoms with Gasteiger partial charge in [0.05, 0.1) is 31.3 Å². The third kappa shape index (κ3) is 5.51. The number of nitrogens with one attached hydrogen (secondary N) is 1. The topological polar surface area (TPSA) is 143 Å². The van der Waals surface area contributed by atoms with Crippen LogP contribution in [0.25, 0.3) is 10.9 Å². The van der Waals surface area contributed by atoms with Crippen molar-refractivity contribution in [2.45, 2.75) is 25.3 Å². The molecule has 1 fully saturated rings. The molecule has 1 aliphatic rings. The van der Waals surface area contributed by atoms with Gasteiger partial charge in [-0.1, -0.05) is 6.07 Å². The fourth-order valence-corrected chi connectivity index (χ4v) is 4.95. The zero-order chi connectivity index (χ0) is 28.2. The minimum atomic E-state index is -1.11. The number of benzene rings is 2. The van der Waals surface area contributed by atoms with Gasteiger partial charge in [-0.05, 0) is 37.6 Å². The van der Waals surface area contributed by atoms with Gasteiger partial charge in [0.25, 0.3) is 0 Å². The number of aromatic amines is 1. The normalized spacial score (nSPS) is 15.4. The van der Waals surface area contributed by atoms with Crippen molar-refractivity contribution in [3.05, 3.63) is 60.1 Å². The van der Waals surface area contributed by atoms with E-state index < -0.39 is 17.5 Å². The van der Waals surface area contributed by atoms with Crippen molar-refractivity contribution in [2.75, 3.05) is 38.3 Å². The van der Waals surface area contributed by atoms with Crippen molar-refractivity contribution < 1.29 is 28.2 Å². The zero-order valence-electron chi connectivity index (χ0n) is 21.8. The quantitative estimate of drug-likeness (QED) is 0.255. The maximum atomic E-state index is 15.1. The van der Waals surface area contributed by atoms with Crippen LogP contribution in [0.5, 0.6) is 11.5 Å². The maximum Gasteiger partial charge on any atom is 0.223 e. The van der Waals surface area contributed by atoms with Crippen molar-refractivity contribution in [3.8, 4) is 11.5 Å². The van der Waals surface area contributed by atoms with E-state index in [0.29, 0.717) is 41.2 Å². The number of carbonyl (C=O) groups is 1. The van der Waals surface area contributed by atoms with Crippen LogP contribution in [-0.4, -0.2) is 75.5 Å². The minimum Gasteiger partial charge on any atom is -0.493 e. The molecule has 1 saturated heterocycles. The summed E-state index contributed by atoms with van der Waals surface area (Å²) in [7, 11) is 1.50. The average molecular weight is 554 g/mol. The van der Waals surface area contributed by atoms with Crippen molar-refractivity contribution in [3.63, 3.8) is 0 Å². The predicted molar refractivity (Wildman–Crippen MR) is 143 cm³/mol. The van der Waals surface area contributed by atoms with Crippen LogP contribution in [0.4, 0.5) is 26.1 Å². The first kappa shape index (κ1) is 27.2. The molecule has 13 heteroatoms. The van der Waals surface area contributed by atoms with E-state index in [0.717, 1.165) is 25.5 Å². The van der Waals surface area contributed by atoms with Gasteiger partial charge in [-0.15, -0.1) is 0 Å². The van der Waals surface area contributed by atoms with E-state index in [1.54, 1.807) is 12.1 Å². The molecule has 0 saturated carbocycles. The number of likely N-dealkylation sites (tertiary alicyclic amines) is 1. The van der Waals surface area contributed by atoms with E-state index in [2.05, 4.69) is 25.1 Å². The number of rotatable bonds is 11. The Morgan fingerprint density at radius 2 is 2.10 bits per heavy atom. The van der Waals surface area contributed by atoms with E-state index in [-0.39, 0.29) is 36.4 Å². The van der Waals surface area contributed by atoms with Crippen LogP contribution >= 0.6 is 0 Å². The molecule has 210 valence electrons. The third-order valence-corrected chi connectivity index (χ3v) is 6.81. The van der Waals surface area contributed by atoms with Gasteiger partial charge in [0, 0.05) is 35.8 Å². The highest BCUT2D eigenvalue weighted by Crippen LogP contribution is 2.41. The molecule has 3 heterocycles. The molecule has 11 nitrogen and oxygen atoms in total. The van der Waals surface area contributed by atoms with E-state index >= 15 is 4.39 Å². The Morgan fingerprint density at radius 3 is 2.88 bits per heavy atom. The van der Waals surface area contributed by atoms with Crippen molar-refractivity contribution in [2.24, 2.45) is 5.73 Å². The Balaban J connectivity index is 1.57. The van der Waals surface area contributed by atoms with Crippen molar-refractivity contribution in [1.29, 1.82) is 0 Å². The molecular formula is C27H29F2N7O4. The summed E-state index contributed by atoms with van der Waals surface area (Å²) in [4.78, 5) is 23.7. The van der Waals surface area contributed by atoms with Gasteiger partial charge in [-0.3, -0.25) is 19.7 Å². The number of fused-ring (bicyclic) bond motifs is 1. The molecule has 2 aromatic carbocycles. The highest BCUT2D eigenvalue weighted by Gasteiger charge is 2.27. The van der Waals surface area contributed by atoms with Crippen LogP contribution in [0, 0.1) is 11.6 Å².